The number of hydrogen-bond acceptors (Lipinski definition) is 4. The van der Waals surface area contributed by atoms with Gasteiger partial charge in [-0.25, -0.2) is 4.68 Å². The van der Waals surface area contributed by atoms with Crippen LogP contribution >= 0.6 is 0 Å². The number of aryl methyl sites for hydroxylation is 1. The zero-order valence-corrected chi connectivity index (χ0v) is 14.4. The SMILES string of the molecule is CCOC(=O)CCCCc1cccc2c1cnn2C1CCCCO1. The Hall–Kier alpha value is -1.88. The summed E-state index contributed by atoms with van der Waals surface area (Å²) in [6.07, 6.45) is 8.66. The third kappa shape index (κ3) is 3.96. The van der Waals surface area contributed by atoms with Gasteiger partial charge >= 0.3 is 5.97 Å². The van der Waals surface area contributed by atoms with Gasteiger partial charge < -0.3 is 9.47 Å². The average Bonchev–Trinajstić information content (AvgIpc) is 3.04. The van der Waals surface area contributed by atoms with Crippen LogP contribution in [0.1, 0.15) is 57.2 Å². The highest BCUT2D eigenvalue weighted by atomic mass is 16.5. The highest BCUT2D eigenvalue weighted by molar-refractivity contribution is 5.82. The predicted molar refractivity (Wildman–Crippen MR) is 92.8 cm³/mol. The van der Waals surface area contributed by atoms with Crippen molar-refractivity contribution in [3.63, 3.8) is 0 Å². The lowest BCUT2D eigenvalue weighted by molar-refractivity contribution is -0.143. The Morgan fingerprint density at radius 1 is 1.38 bits per heavy atom. The van der Waals surface area contributed by atoms with Crippen molar-refractivity contribution in [2.24, 2.45) is 0 Å². The summed E-state index contributed by atoms with van der Waals surface area (Å²) in [5.74, 6) is -0.0991. The van der Waals surface area contributed by atoms with Gasteiger partial charge in [-0.15, -0.1) is 0 Å². The van der Waals surface area contributed by atoms with E-state index in [1.165, 1.54) is 17.4 Å². The molecule has 24 heavy (non-hydrogen) atoms. The third-order valence-corrected chi connectivity index (χ3v) is 4.54. The molecule has 2 aromatic rings. The van der Waals surface area contributed by atoms with E-state index in [4.69, 9.17) is 9.47 Å². The molecule has 5 heteroatoms. The number of unbranched alkanes of at least 4 members (excludes halogenated alkanes) is 1. The van der Waals surface area contributed by atoms with Crippen molar-refractivity contribution < 1.29 is 14.3 Å². The molecule has 0 aliphatic carbocycles. The van der Waals surface area contributed by atoms with Gasteiger partial charge in [0.15, 0.2) is 6.23 Å². The number of aromatic nitrogens is 2. The number of esters is 1. The fourth-order valence-corrected chi connectivity index (χ4v) is 3.31. The maximum atomic E-state index is 11.4. The van der Waals surface area contributed by atoms with Crippen molar-refractivity contribution >= 4 is 16.9 Å². The number of nitrogens with zero attached hydrogens (tertiary/aromatic N) is 2. The van der Waals surface area contributed by atoms with Crippen molar-refractivity contribution in [1.82, 2.24) is 9.78 Å². The van der Waals surface area contributed by atoms with Gasteiger partial charge in [-0.1, -0.05) is 12.1 Å². The van der Waals surface area contributed by atoms with Crippen LogP contribution in [0.25, 0.3) is 10.9 Å². The second-order valence-electron chi connectivity index (χ2n) is 6.27. The Bertz CT molecular complexity index is 674. The quantitative estimate of drug-likeness (QED) is 0.568. The Balaban J connectivity index is 1.64. The van der Waals surface area contributed by atoms with Gasteiger partial charge in [0.25, 0.3) is 0 Å². The molecule has 2 heterocycles. The summed E-state index contributed by atoms with van der Waals surface area (Å²) in [4.78, 5) is 11.4. The molecule has 0 radical (unpaired) electrons. The fraction of sp³-hybridized carbons (Fsp3) is 0.579. The van der Waals surface area contributed by atoms with Crippen LogP contribution in [0.4, 0.5) is 0 Å². The van der Waals surface area contributed by atoms with Gasteiger partial charge in [0.2, 0.25) is 0 Å². The molecule has 1 aromatic heterocycles. The molecule has 3 rings (SSSR count). The van der Waals surface area contributed by atoms with Crippen LogP contribution in [-0.2, 0) is 20.7 Å². The molecule has 1 aliphatic heterocycles. The van der Waals surface area contributed by atoms with E-state index in [0.29, 0.717) is 13.0 Å². The first-order chi connectivity index (χ1) is 11.8. The predicted octanol–water partition coefficient (Wildman–Crippen LogP) is 4.01. The summed E-state index contributed by atoms with van der Waals surface area (Å²) >= 11 is 0. The molecule has 0 spiro atoms. The van der Waals surface area contributed by atoms with Crippen LogP contribution in [0.2, 0.25) is 0 Å². The molecule has 0 N–H and O–H groups in total. The molecule has 0 saturated carbocycles. The molecule has 1 aliphatic rings. The van der Waals surface area contributed by atoms with Crippen LogP contribution in [0.5, 0.6) is 0 Å². The van der Waals surface area contributed by atoms with E-state index in [2.05, 4.69) is 23.3 Å². The highest BCUT2D eigenvalue weighted by Crippen LogP contribution is 2.28. The van der Waals surface area contributed by atoms with Gasteiger partial charge in [0.1, 0.15) is 0 Å². The fourth-order valence-electron chi connectivity index (χ4n) is 3.31. The molecule has 1 atom stereocenters. The summed E-state index contributed by atoms with van der Waals surface area (Å²) in [7, 11) is 0. The topological polar surface area (TPSA) is 53.3 Å². The number of fused-ring (bicyclic) bond motifs is 1. The van der Waals surface area contributed by atoms with Crippen LogP contribution in [0.3, 0.4) is 0 Å². The van der Waals surface area contributed by atoms with E-state index in [1.54, 1.807) is 0 Å². The number of hydrogen-bond donors (Lipinski definition) is 0. The van der Waals surface area contributed by atoms with Crippen LogP contribution in [0, 0.1) is 0 Å². The van der Waals surface area contributed by atoms with Crippen molar-refractivity contribution in [2.75, 3.05) is 13.2 Å². The van der Waals surface area contributed by atoms with Gasteiger partial charge in [-0.05, 0) is 57.1 Å². The van der Waals surface area contributed by atoms with Crippen LogP contribution in [-0.4, -0.2) is 29.0 Å². The molecule has 1 fully saturated rings. The first kappa shape index (κ1) is 17.0. The lowest BCUT2D eigenvalue weighted by atomic mass is 10.0. The highest BCUT2D eigenvalue weighted by Gasteiger charge is 2.19. The summed E-state index contributed by atoms with van der Waals surface area (Å²) < 4.78 is 12.9. The molecular formula is C19H26N2O3. The maximum absolute atomic E-state index is 11.4. The number of rotatable bonds is 7. The average molecular weight is 330 g/mol. The number of carbonyl (C=O) groups is 1. The molecule has 1 unspecified atom stereocenters. The zero-order valence-electron chi connectivity index (χ0n) is 14.4. The van der Waals surface area contributed by atoms with Crippen LogP contribution < -0.4 is 0 Å². The third-order valence-electron chi connectivity index (χ3n) is 4.54. The van der Waals surface area contributed by atoms with Gasteiger partial charge in [-0.3, -0.25) is 4.79 Å². The normalized spacial score (nSPS) is 18.0. The van der Waals surface area contributed by atoms with Crippen molar-refractivity contribution in [2.45, 2.75) is 58.1 Å². The Morgan fingerprint density at radius 3 is 3.08 bits per heavy atom. The van der Waals surface area contributed by atoms with E-state index < -0.39 is 0 Å². The van der Waals surface area contributed by atoms with Crippen molar-refractivity contribution in [3.8, 4) is 0 Å². The summed E-state index contributed by atoms with van der Waals surface area (Å²) in [6.45, 7) is 3.12. The second-order valence-corrected chi connectivity index (χ2v) is 6.27. The van der Waals surface area contributed by atoms with Crippen molar-refractivity contribution in [1.29, 1.82) is 0 Å². The second kappa shape index (κ2) is 8.29. The van der Waals surface area contributed by atoms with Gasteiger partial charge in [0, 0.05) is 18.4 Å². The maximum Gasteiger partial charge on any atom is 0.305 e. The largest absolute Gasteiger partial charge is 0.466 e. The zero-order chi connectivity index (χ0) is 16.8. The number of carbonyl (C=O) groups excluding carboxylic acids is 1. The lowest BCUT2D eigenvalue weighted by Gasteiger charge is -2.23. The van der Waals surface area contributed by atoms with Gasteiger partial charge in [-0.2, -0.15) is 5.10 Å². The Morgan fingerprint density at radius 2 is 2.29 bits per heavy atom. The van der Waals surface area contributed by atoms with Crippen LogP contribution in [0.15, 0.2) is 24.4 Å². The minimum atomic E-state index is -0.0991. The number of benzene rings is 1. The smallest absolute Gasteiger partial charge is 0.305 e. The molecule has 5 nitrogen and oxygen atoms in total. The lowest BCUT2D eigenvalue weighted by Crippen LogP contribution is -2.18. The first-order valence-electron chi connectivity index (χ1n) is 9.02. The minimum absolute atomic E-state index is 0.0651. The van der Waals surface area contributed by atoms with E-state index in [1.807, 2.05) is 17.8 Å². The molecule has 0 amide bonds. The van der Waals surface area contributed by atoms with E-state index >= 15 is 0 Å². The van der Waals surface area contributed by atoms with Gasteiger partial charge in [0.05, 0.1) is 18.3 Å². The van der Waals surface area contributed by atoms with E-state index in [9.17, 15) is 4.79 Å². The Kier molecular flexibility index (Phi) is 5.86. The minimum Gasteiger partial charge on any atom is -0.466 e. The summed E-state index contributed by atoms with van der Waals surface area (Å²) in [6, 6.07) is 6.35. The van der Waals surface area contributed by atoms with E-state index in [0.717, 1.165) is 44.2 Å². The first-order valence-corrected chi connectivity index (χ1v) is 9.02. The molecule has 0 bridgehead atoms. The van der Waals surface area contributed by atoms with Crippen molar-refractivity contribution in [3.05, 3.63) is 30.0 Å². The Labute approximate surface area is 142 Å². The number of ether oxygens (including phenoxy) is 2. The standard InChI is InChI=1S/C19H26N2O3/c1-2-23-19(22)12-4-3-8-15-9-7-10-17-16(15)14-20-21(17)18-11-5-6-13-24-18/h7,9-10,14,18H,2-6,8,11-13H2,1H3. The summed E-state index contributed by atoms with van der Waals surface area (Å²) in [5.41, 5.74) is 2.43. The molecule has 1 aromatic carbocycles. The van der Waals surface area contributed by atoms with E-state index in [-0.39, 0.29) is 12.2 Å². The summed E-state index contributed by atoms with van der Waals surface area (Å²) in [5, 5.41) is 5.78. The monoisotopic (exact) mass is 330 g/mol. The molecule has 130 valence electrons. The molecular weight excluding hydrogens is 304 g/mol. The molecule has 1 saturated heterocycles.